The van der Waals surface area contributed by atoms with Crippen molar-refractivity contribution in [3.8, 4) is 0 Å². The molecular formula is C14H19N3O3. The van der Waals surface area contributed by atoms with E-state index in [1.54, 1.807) is 0 Å². The van der Waals surface area contributed by atoms with E-state index in [4.69, 9.17) is 0 Å². The summed E-state index contributed by atoms with van der Waals surface area (Å²) in [6, 6.07) is -0.281. The highest BCUT2D eigenvalue weighted by Crippen LogP contribution is 2.30. The fourth-order valence-corrected chi connectivity index (χ4v) is 3.12. The number of nitrogens with one attached hydrogen (secondary N) is 2. The first-order valence-electron chi connectivity index (χ1n) is 7.00. The quantitative estimate of drug-likeness (QED) is 0.601. The van der Waals surface area contributed by atoms with E-state index in [1.165, 1.54) is 6.33 Å². The van der Waals surface area contributed by atoms with Gasteiger partial charge in [0.05, 0.1) is 24.2 Å². The molecule has 0 amide bonds. The predicted octanol–water partition coefficient (Wildman–Crippen LogP) is -0.428. The molecule has 1 aliphatic heterocycles. The van der Waals surface area contributed by atoms with Crippen LogP contribution in [-0.4, -0.2) is 44.5 Å². The lowest BCUT2D eigenvalue weighted by Crippen LogP contribution is -2.33. The number of rotatable bonds is 3. The Hall–Kier alpha value is -1.50. The number of allylic oxidation sites excluding steroid dienone is 1. The van der Waals surface area contributed by atoms with E-state index in [0.29, 0.717) is 18.4 Å². The number of H-pyrrole nitrogens is 1. The van der Waals surface area contributed by atoms with Gasteiger partial charge in [-0.15, -0.1) is 0 Å². The molecule has 1 aliphatic carbocycles. The first-order valence-corrected chi connectivity index (χ1v) is 7.00. The van der Waals surface area contributed by atoms with Crippen LogP contribution in [0.2, 0.25) is 0 Å². The smallest absolute Gasteiger partial charge is 0.254 e. The van der Waals surface area contributed by atoms with E-state index in [1.807, 2.05) is 13.0 Å². The van der Waals surface area contributed by atoms with E-state index < -0.39 is 12.2 Å². The molecule has 0 spiro atoms. The van der Waals surface area contributed by atoms with E-state index in [-0.39, 0.29) is 17.6 Å². The third kappa shape index (κ3) is 2.09. The van der Waals surface area contributed by atoms with Gasteiger partial charge in [-0.2, -0.15) is 0 Å². The summed E-state index contributed by atoms with van der Waals surface area (Å²) < 4.78 is 0. The number of aliphatic hydroxyl groups is 2. The van der Waals surface area contributed by atoms with Gasteiger partial charge in [0.25, 0.3) is 5.56 Å². The summed E-state index contributed by atoms with van der Waals surface area (Å²) in [4.78, 5) is 18.5. The van der Waals surface area contributed by atoms with Crippen LogP contribution in [0.3, 0.4) is 0 Å². The van der Waals surface area contributed by atoms with Crippen LogP contribution in [-0.2, 0) is 6.42 Å². The highest BCUT2D eigenvalue weighted by molar-refractivity contribution is 5.70. The van der Waals surface area contributed by atoms with Gasteiger partial charge in [0, 0.05) is 17.6 Å². The molecule has 0 unspecified atom stereocenters. The number of aromatic amines is 1. The number of fused-ring (bicyclic) bond motifs is 1. The van der Waals surface area contributed by atoms with Crippen molar-refractivity contribution in [2.24, 2.45) is 0 Å². The molecule has 3 rings (SSSR count). The molecule has 2 aliphatic rings. The molecule has 108 valence electrons. The molecule has 1 aromatic rings. The molecule has 0 saturated carbocycles. The summed E-state index contributed by atoms with van der Waals surface area (Å²) in [5.74, 6) is 0. The summed E-state index contributed by atoms with van der Waals surface area (Å²) in [5, 5.41) is 23.3. The average Bonchev–Trinajstić information content (AvgIpc) is 2.97. The molecule has 2 heterocycles. The lowest BCUT2D eigenvalue weighted by atomic mass is 10.00. The molecule has 0 radical (unpaired) electrons. The van der Waals surface area contributed by atoms with Gasteiger partial charge < -0.3 is 20.5 Å². The SMILES string of the molecule is CC[C@H]1N[C@@H](CC2=CCc3c2nc[nH]c3=O)[C@H](O)[C@@H]1O. The van der Waals surface area contributed by atoms with Gasteiger partial charge in [0.2, 0.25) is 0 Å². The minimum absolute atomic E-state index is 0.0800. The summed E-state index contributed by atoms with van der Waals surface area (Å²) >= 11 is 0. The first-order chi connectivity index (χ1) is 9.61. The molecule has 0 aromatic carbocycles. The first kappa shape index (κ1) is 13.5. The Morgan fingerprint density at radius 2 is 2.10 bits per heavy atom. The number of aliphatic hydroxyl groups excluding tert-OH is 2. The molecular weight excluding hydrogens is 258 g/mol. The van der Waals surface area contributed by atoms with E-state index >= 15 is 0 Å². The second-order valence-corrected chi connectivity index (χ2v) is 5.47. The molecule has 0 bridgehead atoms. The molecule has 4 N–H and O–H groups in total. The van der Waals surface area contributed by atoms with Gasteiger partial charge >= 0.3 is 0 Å². The summed E-state index contributed by atoms with van der Waals surface area (Å²) in [7, 11) is 0. The van der Waals surface area contributed by atoms with Crippen molar-refractivity contribution in [2.75, 3.05) is 0 Å². The van der Waals surface area contributed by atoms with Crippen molar-refractivity contribution in [2.45, 2.75) is 50.5 Å². The number of nitrogens with zero attached hydrogens (tertiary/aromatic N) is 1. The van der Waals surface area contributed by atoms with Crippen molar-refractivity contribution < 1.29 is 10.2 Å². The average molecular weight is 277 g/mol. The Bertz CT molecular complexity index is 596. The molecule has 4 atom stereocenters. The van der Waals surface area contributed by atoms with Gasteiger partial charge in [0.15, 0.2) is 0 Å². The summed E-state index contributed by atoms with van der Waals surface area (Å²) in [6.45, 7) is 1.97. The fraction of sp³-hybridized carbons (Fsp3) is 0.571. The minimum atomic E-state index is -0.785. The van der Waals surface area contributed by atoms with Gasteiger partial charge in [-0.3, -0.25) is 4.79 Å². The van der Waals surface area contributed by atoms with Gasteiger partial charge in [-0.1, -0.05) is 13.0 Å². The van der Waals surface area contributed by atoms with Crippen LogP contribution in [0.5, 0.6) is 0 Å². The minimum Gasteiger partial charge on any atom is -0.389 e. The van der Waals surface area contributed by atoms with Crippen LogP contribution in [0.4, 0.5) is 0 Å². The van der Waals surface area contributed by atoms with Crippen LogP contribution in [0.15, 0.2) is 17.2 Å². The van der Waals surface area contributed by atoms with Crippen molar-refractivity contribution in [1.29, 1.82) is 0 Å². The van der Waals surface area contributed by atoms with Crippen LogP contribution < -0.4 is 10.9 Å². The second kappa shape index (κ2) is 5.12. The van der Waals surface area contributed by atoms with Gasteiger partial charge in [0.1, 0.15) is 0 Å². The molecule has 20 heavy (non-hydrogen) atoms. The topological polar surface area (TPSA) is 98.2 Å². The third-order valence-corrected chi connectivity index (χ3v) is 4.29. The summed E-state index contributed by atoms with van der Waals surface area (Å²) in [6.07, 6.45) is 3.78. The normalized spacial score (nSPS) is 32.2. The Labute approximate surface area is 116 Å². The van der Waals surface area contributed by atoms with Crippen molar-refractivity contribution >= 4 is 5.57 Å². The van der Waals surface area contributed by atoms with E-state index in [2.05, 4.69) is 15.3 Å². The van der Waals surface area contributed by atoms with Crippen molar-refractivity contribution in [1.82, 2.24) is 15.3 Å². The molecule has 6 heteroatoms. The van der Waals surface area contributed by atoms with Gasteiger partial charge in [-0.25, -0.2) is 4.98 Å². The maximum atomic E-state index is 11.7. The zero-order valence-electron chi connectivity index (χ0n) is 11.3. The Morgan fingerprint density at radius 3 is 2.80 bits per heavy atom. The van der Waals surface area contributed by atoms with Crippen LogP contribution >= 0.6 is 0 Å². The monoisotopic (exact) mass is 277 g/mol. The fourth-order valence-electron chi connectivity index (χ4n) is 3.12. The molecule has 1 fully saturated rings. The number of aromatic nitrogens is 2. The standard InChI is InChI=1S/C14H19N3O3/c1-2-9-12(18)13(19)10(17-9)5-7-3-4-8-11(7)15-6-16-14(8)20/h3,6,9-10,12-13,17-19H,2,4-5H2,1H3,(H,15,16,20)/t9-,10+,12-,13+/m1/s1. The number of hydrogen-bond acceptors (Lipinski definition) is 5. The largest absolute Gasteiger partial charge is 0.389 e. The maximum absolute atomic E-state index is 11.7. The van der Waals surface area contributed by atoms with Crippen LogP contribution in [0, 0.1) is 0 Å². The van der Waals surface area contributed by atoms with Crippen LogP contribution in [0.1, 0.15) is 31.0 Å². The third-order valence-electron chi connectivity index (χ3n) is 4.29. The summed E-state index contributed by atoms with van der Waals surface area (Å²) in [5.41, 5.74) is 2.26. The van der Waals surface area contributed by atoms with Crippen LogP contribution in [0.25, 0.3) is 5.57 Å². The van der Waals surface area contributed by atoms with Gasteiger partial charge in [-0.05, 0) is 24.8 Å². The Balaban J connectivity index is 1.78. The Kier molecular flexibility index (Phi) is 3.45. The molecule has 6 nitrogen and oxygen atoms in total. The van der Waals surface area contributed by atoms with E-state index in [9.17, 15) is 15.0 Å². The Morgan fingerprint density at radius 1 is 1.35 bits per heavy atom. The zero-order chi connectivity index (χ0) is 14.3. The number of hydrogen-bond donors (Lipinski definition) is 4. The second-order valence-electron chi connectivity index (χ2n) is 5.47. The lowest BCUT2D eigenvalue weighted by molar-refractivity contribution is 0.0283. The van der Waals surface area contributed by atoms with Crippen molar-refractivity contribution in [3.05, 3.63) is 34.0 Å². The lowest BCUT2D eigenvalue weighted by Gasteiger charge is -2.16. The predicted molar refractivity (Wildman–Crippen MR) is 74.2 cm³/mol. The zero-order valence-corrected chi connectivity index (χ0v) is 11.3. The molecule has 1 saturated heterocycles. The maximum Gasteiger partial charge on any atom is 0.254 e. The molecule has 1 aromatic heterocycles. The highest BCUT2D eigenvalue weighted by atomic mass is 16.3. The van der Waals surface area contributed by atoms with E-state index in [0.717, 1.165) is 17.7 Å². The van der Waals surface area contributed by atoms with Crippen molar-refractivity contribution in [3.63, 3.8) is 0 Å². The highest BCUT2D eigenvalue weighted by Gasteiger charge is 2.40.